The highest BCUT2D eigenvalue weighted by Crippen LogP contribution is 2.47. The molecule has 0 fully saturated rings. The molecule has 62 valence electrons. The van der Waals surface area contributed by atoms with Gasteiger partial charge in [-0.25, -0.2) is 4.62 Å². The summed E-state index contributed by atoms with van der Waals surface area (Å²) >= 11 is 0. The number of nitrogens with zero attached hydrogens (tertiary/aromatic N) is 1. The Morgan fingerprint density at radius 3 is 2.00 bits per heavy atom. The lowest BCUT2D eigenvalue weighted by Crippen LogP contribution is -2.14. The van der Waals surface area contributed by atoms with E-state index < -0.39 is 7.60 Å². The Hall–Kier alpha value is 0.110. The maximum atomic E-state index is 11.0. The highest BCUT2D eigenvalue weighted by molar-refractivity contribution is 7.53. The molecule has 0 spiro atoms. The van der Waals surface area contributed by atoms with E-state index in [0.717, 1.165) is 0 Å². The first-order chi connectivity index (χ1) is 4.36. The second-order valence-electron chi connectivity index (χ2n) is 2.55. The van der Waals surface area contributed by atoms with Crippen LogP contribution in [-0.2, 0) is 9.19 Å². The van der Waals surface area contributed by atoms with Gasteiger partial charge in [0.2, 0.25) is 0 Å². The molecule has 1 unspecified atom stereocenters. The predicted octanol–water partition coefficient (Wildman–Crippen LogP) is 1.07. The summed E-state index contributed by atoms with van der Waals surface area (Å²) in [5.41, 5.74) is -0.352. The normalized spacial score (nSPS) is 17.9. The van der Waals surface area contributed by atoms with Crippen LogP contribution >= 0.6 is 7.60 Å². The van der Waals surface area contributed by atoms with Gasteiger partial charge < -0.3 is 4.89 Å². The fraction of sp³-hybridized carbons (Fsp3) is 1.00. The quantitative estimate of drug-likeness (QED) is 0.504. The topological polar surface area (TPSA) is 49.8 Å². The van der Waals surface area contributed by atoms with Crippen LogP contribution in [0.3, 0.4) is 0 Å². The Kier molecular flexibility index (Phi) is 3.52. The van der Waals surface area contributed by atoms with Crippen molar-refractivity contribution in [3.05, 3.63) is 0 Å². The maximum Gasteiger partial charge on any atom is 0.347 e. The monoisotopic (exact) mass is 167 g/mol. The molecule has 0 heterocycles. The Labute approximate surface area is 61.3 Å². The van der Waals surface area contributed by atoms with Crippen molar-refractivity contribution in [3.63, 3.8) is 0 Å². The van der Waals surface area contributed by atoms with Crippen molar-refractivity contribution < 1.29 is 14.1 Å². The lowest BCUT2D eigenvalue weighted by Gasteiger charge is -2.18. The van der Waals surface area contributed by atoms with E-state index in [1.54, 1.807) is 27.9 Å². The lowest BCUT2D eigenvalue weighted by molar-refractivity contribution is -0.0162. The Balaban J connectivity index is 4.01. The van der Waals surface area contributed by atoms with Crippen LogP contribution in [0.5, 0.6) is 0 Å². The number of hydrogen-bond donors (Lipinski definition) is 1. The average Bonchev–Trinajstić information content (AvgIpc) is 1.60. The van der Waals surface area contributed by atoms with Crippen LogP contribution in [0.1, 0.15) is 13.8 Å². The molecule has 4 nitrogen and oxygen atoms in total. The summed E-state index contributed by atoms with van der Waals surface area (Å²) in [6.07, 6.45) is 0. The standard InChI is InChI=1S/C5H14NO3P/c1-5(2)10(7,8)9-6(3)4/h5H,1-4H3,(H,7,8). The van der Waals surface area contributed by atoms with Crippen LogP contribution in [0, 0.1) is 0 Å². The molecule has 0 aromatic carbocycles. The van der Waals surface area contributed by atoms with Crippen molar-refractivity contribution in [3.8, 4) is 0 Å². The summed E-state index contributed by atoms with van der Waals surface area (Å²) in [5, 5.41) is 1.24. The van der Waals surface area contributed by atoms with Crippen molar-refractivity contribution in [2.45, 2.75) is 19.5 Å². The van der Waals surface area contributed by atoms with Crippen LogP contribution in [0.15, 0.2) is 0 Å². The molecule has 0 saturated carbocycles. The first-order valence-electron chi connectivity index (χ1n) is 3.06. The number of rotatable bonds is 3. The van der Waals surface area contributed by atoms with Gasteiger partial charge in [-0.3, -0.25) is 4.57 Å². The number of hydroxylamine groups is 2. The Morgan fingerprint density at radius 1 is 1.50 bits per heavy atom. The fourth-order valence-electron chi connectivity index (χ4n) is 0.328. The highest BCUT2D eigenvalue weighted by atomic mass is 31.2. The molecular formula is C5H14NO3P. The molecule has 1 atom stereocenters. The molecule has 1 N–H and O–H groups in total. The molecule has 0 bridgehead atoms. The van der Waals surface area contributed by atoms with E-state index in [-0.39, 0.29) is 5.66 Å². The molecule has 0 rings (SSSR count). The van der Waals surface area contributed by atoms with Crippen LogP contribution < -0.4 is 0 Å². The van der Waals surface area contributed by atoms with E-state index in [4.69, 9.17) is 4.89 Å². The van der Waals surface area contributed by atoms with Gasteiger partial charge in [-0.15, -0.1) is 0 Å². The molecule has 0 aromatic heterocycles. The zero-order valence-electron chi connectivity index (χ0n) is 6.74. The number of hydrogen-bond acceptors (Lipinski definition) is 3. The van der Waals surface area contributed by atoms with Gasteiger partial charge in [0.15, 0.2) is 0 Å². The van der Waals surface area contributed by atoms with Gasteiger partial charge in [0.05, 0.1) is 5.66 Å². The van der Waals surface area contributed by atoms with Crippen molar-refractivity contribution >= 4 is 7.60 Å². The highest BCUT2D eigenvalue weighted by Gasteiger charge is 2.25. The zero-order chi connectivity index (χ0) is 8.36. The van der Waals surface area contributed by atoms with Gasteiger partial charge >= 0.3 is 7.60 Å². The van der Waals surface area contributed by atoms with E-state index in [1.807, 2.05) is 0 Å². The zero-order valence-corrected chi connectivity index (χ0v) is 7.63. The van der Waals surface area contributed by atoms with Gasteiger partial charge in [0.1, 0.15) is 0 Å². The van der Waals surface area contributed by atoms with E-state index >= 15 is 0 Å². The second kappa shape index (κ2) is 3.49. The minimum Gasteiger partial charge on any atom is -0.323 e. The third-order valence-corrected chi connectivity index (χ3v) is 2.80. The molecule has 0 aliphatic heterocycles. The van der Waals surface area contributed by atoms with E-state index in [0.29, 0.717) is 0 Å². The largest absolute Gasteiger partial charge is 0.347 e. The molecule has 0 radical (unpaired) electrons. The van der Waals surface area contributed by atoms with Crippen LogP contribution in [0.4, 0.5) is 0 Å². The summed E-state index contributed by atoms with van der Waals surface area (Å²) in [6, 6.07) is 0. The van der Waals surface area contributed by atoms with Crippen molar-refractivity contribution in [2.75, 3.05) is 14.1 Å². The van der Waals surface area contributed by atoms with Crippen LogP contribution in [-0.4, -0.2) is 29.7 Å². The Morgan fingerprint density at radius 2 is 1.90 bits per heavy atom. The van der Waals surface area contributed by atoms with Gasteiger partial charge in [-0.2, -0.15) is 5.06 Å². The third kappa shape index (κ3) is 3.32. The molecule has 0 saturated heterocycles. The van der Waals surface area contributed by atoms with Crippen molar-refractivity contribution in [1.29, 1.82) is 0 Å². The summed E-state index contributed by atoms with van der Waals surface area (Å²) in [6.45, 7) is 3.29. The van der Waals surface area contributed by atoms with Gasteiger partial charge in [-0.1, -0.05) is 13.8 Å². The first-order valence-corrected chi connectivity index (χ1v) is 4.70. The molecular weight excluding hydrogens is 153 g/mol. The van der Waals surface area contributed by atoms with Gasteiger partial charge in [-0.05, 0) is 0 Å². The Bertz CT molecular complexity index is 146. The fourth-order valence-corrected chi connectivity index (χ4v) is 0.985. The summed E-state index contributed by atoms with van der Waals surface area (Å²) in [4.78, 5) is 9.05. The van der Waals surface area contributed by atoms with Crippen LogP contribution in [0.25, 0.3) is 0 Å². The maximum absolute atomic E-state index is 11.0. The lowest BCUT2D eigenvalue weighted by atomic mass is 10.6. The van der Waals surface area contributed by atoms with E-state index in [2.05, 4.69) is 4.62 Å². The summed E-state index contributed by atoms with van der Waals surface area (Å²) in [7, 11) is -0.245. The van der Waals surface area contributed by atoms with Crippen molar-refractivity contribution in [2.24, 2.45) is 0 Å². The summed E-state index contributed by atoms with van der Waals surface area (Å²) < 4.78 is 15.7. The van der Waals surface area contributed by atoms with Crippen LogP contribution in [0.2, 0.25) is 0 Å². The van der Waals surface area contributed by atoms with Crippen molar-refractivity contribution in [1.82, 2.24) is 5.06 Å². The SMILES string of the molecule is CC(C)P(=O)(O)ON(C)C. The minimum absolute atomic E-state index is 0.352. The predicted molar refractivity (Wildman–Crippen MR) is 39.7 cm³/mol. The molecule has 10 heavy (non-hydrogen) atoms. The molecule has 0 aromatic rings. The molecule has 5 heteroatoms. The summed E-state index contributed by atoms with van der Waals surface area (Å²) in [5.74, 6) is 0. The minimum atomic E-state index is -3.39. The average molecular weight is 167 g/mol. The van der Waals surface area contributed by atoms with Gasteiger partial charge in [0.25, 0.3) is 0 Å². The molecule has 0 aliphatic rings. The van der Waals surface area contributed by atoms with E-state index in [9.17, 15) is 4.57 Å². The van der Waals surface area contributed by atoms with E-state index in [1.165, 1.54) is 5.06 Å². The molecule has 0 aliphatic carbocycles. The first kappa shape index (κ1) is 10.1. The third-order valence-electron chi connectivity index (χ3n) is 0.933. The smallest absolute Gasteiger partial charge is 0.323 e. The second-order valence-corrected chi connectivity index (χ2v) is 4.88. The molecule has 0 amide bonds. The van der Waals surface area contributed by atoms with Gasteiger partial charge in [0, 0.05) is 14.1 Å².